The third-order valence-electron chi connectivity index (χ3n) is 4.31. The minimum absolute atomic E-state index is 0.0533. The second-order valence-corrected chi connectivity index (χ2v) is 6.28. The first-order chi connectivity index (χ1) is 12.2. The lowest BCUT2D eigenvalue weighted by atomic mass is 10.0. The van der Waals surface area contributed by atoms with Crippen LogP contribution in [0.1, 0.15) is 24.0 Å². The topological polar surface area (TPSA) is 75.3 Å². The predicted molar refractivity (Wildman–Crippen MR) is 96.1 cm³/mol. The van der Waals surface area contributed by atoms with E-state index in [-0.39, 0.29) is 5.91 Å². The first-order valence-corrected chi connectivity index (χ1v) is 8.62. The molecule has 3 N–H and O–H groups in total. The summed E-state index contributed by atoms with van der Waals surface area (Å²) in [5, 5.41) is 2.96. The molecule has 2 aromatic rings. The van der Waals surface area contributed by atoms with Gasteiger partial charge in [-0.05, 0) is 37.0 Å². The fourth-order valence-corrected chi connectivity index (χ4v) is 2.75. The van der Waals surface area contributed by atoms with Crippen LogP contribution in [0, 0.1) is 12.8 Å². The molecule has 1 amide bonds. The van der Waals surface area contributed by atoms with Gasteiger partial charge >= 0.3 is 0 Å². The van der Waals surface area contributed by atoms with Crippen LogP contribution >= 0.6 is 0 Å². The average molecular weight is 340 g/mol. The lowest BCUT2D eigenvalue weighted by molar-refractivity contribution is -0.121. The van der Waals surface area contributed by atoms with Gasteiger partial charge in [-0.1, -0.05) is 24.3 Å². The van der Waals surface area contributed by atoms with E-state index in [9.17, 15) is 4.79 Å². The van der Waals surface area contributed by atoms with Gasteiger partial charge in [0.25, 0.3) is 0 Å². The van der Waals surface area contributed by atoms with Crippen molar-refractivity contribution in [2.24, 2.45) is 5.92 Å². The normalized spacial score (nSPS) is 14.4. The minimum atomic E-state index is 0.0533. The van der Waals surface area contributed by atoms with Gasteiger partial charge in [0.15, 0.2) is 0 Å². The number of para-hydroxylation sites is 1. The fraction of sp³-hybridized carbons (Fsp3) is 0.368. The van der Waals surface area contributed by atoms with Crippen LogP contribution in [0.25, 0.3) is 0 Å². The first kappa shape index (κ1) is 17.4. The van der Waals surface area contributed by atoms with Gasteiger partial charge in [0, 0.05) is 37.8 Å². The van der Waals surface area contributed by atoms with E-state index in [4.69, 9.17) is 4.74 Å². The Labute approximate surface area is 148 Å². The summed E-state index contributed by atoms with van der Waals surface area (Å²) in [7, 11) is 0. The highest BCUT2D eigenvalue weighted by molar-refractivity contribution is 5.75. The van der Waals surface area contributed by atoms with Crippen molar-refractivity contribution in [3.63, 3.8) is 0 Å². The van der Waals surface area contributed by atoms with Gasteiger partial charge in [0.1, 0.15) is 5.75 Å². The molecule has 1 aromatic heterocycles. The molecule has 6 nitrogen and oxygen atoms in total. The summed E-state index contributed by atoms with van der Waals surface area (Å²) >= 11 is 0. The first-order valence-electron chi connectivity index (χ1n) is 8.62. The summed E-state index contributed by atoms with van der Waals surface area (Å²) in [5.74, 6) is 1.87. The van der Waals surface area contributed by atoms with Crippen molar-refractivity contribution >= 4 is 5.91 Å². The molecule has 2 heterocycles. The Hall–Kier alpha value is -2.44. The minimum Gasteiger partial charge on any atom is -0.438 e. The summed E-state index contributed by atoms with van der Waals surface area (Å²) < 4.78 is 5.93. The Morgan fingerprint density at radius 2 is 2.04 bits per heavy atom. The third kappa shape index (κ3) is 5.01. The van der Waals surface area contributed by atoms with Gasteiger partial charge in [-0.2, -0.15) is 0 Å². The van der Waals surface area contributed by atoms with Gasteiger partial charge in [0.2, 0.25) is 11.8 Å². The smallest absolute Gasteiger partial charge is 0.224 e. The summed E-state index contributed by atoms with van der Waals surface area (Å²) in [5.41, 5.74) is 8.07. The summed E-state index contributed by atoms with van der Waals surface area (Å²) in [6.45, 7) is 4.25. The number of carbonyl (C=O) groups excluding carboxylic acids is 1. The molecule has 1 saturated heterocycles. The maximum Gasteiger partial charge on any atom is 0.224 e. The molecule has 6 heteroatoms. The molecule has 0 radical (unpaired) electrons. The van der Waals surface area contributed by atoms with E-state index in [0.29, 0.717) is 24.8 Å². The van der Waals surface area contributed by atoms with Crippen molar-refractivity contribution in [2.45, 2.75) is 26.3 Å². The van der Waals surface area contributed by atoms with Gasteiger partial charge in [0.05, 0.1) is 0 Å². The number of nitrogens with zero attached hydrogens (tertiary/aromatic N) is 1. The number of rotatable bonds is 7. The molecule has 25 heavy (non-hydrogen) atoms. The molecule has 0 atom stereocenters. The number of nitrogens with one attached hydrogen (secondary N) is 3. The maximum absolute atomic E-state index is 12.1. The summed E-state index contributed by atoms with van der Waals surface area (Å²) in [4.78, 5) is 16.4. The van der Waals surface area contributed by atoms with Gasteiger partial charge < -0.3 is 10.1 Å². The number of benzene rings is 1. The largest absolute Gasteiger partial charge is 0.438 e. The molecule has 1 fully saturated rings. The van der Waals surface area contributed by atoms with Gasteiger partial charge in [-0.3, -0.25) is 15.6 Å². The van der Waals surface area contributed by atoms with Crippen molar-refractivity contribution in [1.29, 1.82) is 0 Å². The zero-order valence-corrected chi connectivity index (χ0v) is 14.4. The Morgan fingerprint density at radius 3 is 2.84 bits per heavy atom. The monoisotopic (exact) mass is 340 g/mol. The number of aryl methyl sites for hydroxylation is 1. The highest BCUT2D eigenvalue weighted by Crippen LogP contribution is 2.25. The van der Waals surface area contributed by atoms with Crippen molar-refractivity contribution < 1.29 is 9.53 Å². The molecular weight excluding hydrogens is 316 g/mol. The number of hydrogen-bond acceptors (Lipinski definition) is 5. The van der Waals surface area contributed by atoms with E-state index >= 15 is 0 Å². The summed E-state index contributed by atoms with van der Waals surface area (Å²) in [6.07, 6.45) is 3.10. The van der Waals surface area contributed by atoms with E-state index < -0.39 is 0 Å². The van der Waals surface area contributed by atoms with E-state index in [1.165, 1.54) is 0 Å². The molecule has 0 saturated carbocycles. The lowest BCUT2D eigenvalue weighted by Gasteiger charge is -2.12. The molecule has 1 aliphatic heterocycles. The van der Waals surface area contributed by atoms with E-state index in [2.05, 4.69) is 21.2 Å². The second-order valence-electron chi connectivity index (χ2n) is 6.28. The SMILES string of the molecule is Cc1ccccc1Oc1ncccc1CNC(=O)CCC1CNNC1. The van der Waals surface area contributed by atoms with E-state index in [1.54, 1.807) is 6.20 Å². The number of ether oxygens (including phenoxy) is 1. The number of hydrazine groups is 1. The van der Waals surface area contributed by atoms with Gasteiger partial charge in [-0.25, -0.2) is 4.98 Å². The quantitative estimate of drug-likeness (QED) is 0.721. The standard InChI is InChI=1S/C19H24N4O2/c1-14-5-2-3-7-17(14)25-19-16(6-4-10-20-19)13-21-18(24)9-8-15-11-22-23-12-15/h2-7,10,15,22-23H,8-9,11-13H2,1H3,(H,21,24). The molecule has 3 rings (SSSR count). The fourth-order valence-electron chi connectivity index (χ4n) is 2.75. The Morgan fingerprint density at radius 1 is 1.24 bits per heavy atom. The molecule has 0 unspecified atom stereocenters. The second kappa shape index (κ2) is 8.60. The average Bonchev–Trinajstić information content (AvgIpc) is 3.15. The molecule has 0 spiro atoms. The zero-order chi connectivity index (χ0) is 17.5. The van der Waals surface area contributed by atoms with Crippen LogP contribution in [0.3, 0.4) is 0 Å². The molecule has 1 aromatic carbocycles. The van der Waals surface area contributed by atoms with Crippen LogP contribution in [0.15, 0.2) is 42.6 Å². The van der Waals surface area contributed by atoms with Crippen LogP contribution in [0.2, 0.25) is 0 Å². The van der Waals surface area contributed by atoms with Crippen molar-refractivity contribution in [3.05, 3.63) is 53.7 Å². The number of hydrogen-bond donors (Lipinski definition) is 3. The molecule has 0 bridgehead atoms. The lowest BCUT2D eigenvalue weighted by Crippen LogP contribution is -2.24. The van der Waals surface area contributed by atoms with Crippen molar-refractivity contribution in [3.8, 4) is 11.6 Å². The molecule has 132 valence electrons. The molecule has 1 aliphatic rings. The van der Waals surface area contributed by atoms with Crippen LogP contribution in [0.5, 0.6) is 11.6 Å². The molecular formula is C19H24N4O2. The van der Waals surface area contributed by atoms with Crippen LogP contribution < -0.4 is 20.9 Å². The number of aromatic nitrogens is 1. The number of amides is 1. The summed E-state index contributed by atoms with van der Waals surface area (Å²) in [6, 6.07) is 11.6. The van der Waals surface area contributed by atoms with Crippen molar-refractivity contribution in [1.82, 2.24) is 21.2 Å². The Kier molecular flexibility index (Phi) is 5.98. The predicted octanol–water partition coefficient (Wildman–Crippen LogP) is 2.30. The molecule has 0 aliphatic carbocycles. The highest BCUT2D eigenvalue weighted by atomic mass is 16.5. The van der Waals surface area contributed by atoms with Crippen LogP contribution in [-0.2, 0) is 11.3 Å². The highest BCUT2D eigenvalue weighted by Gasteiger charge is 2.15. The third-order valence-corrected chi connectivity index (χ3v) is 4.31. The van der Waals surface area contributed by atoms with Gasteiger partial charge in [-0.15, -0.1) is 0 Å². The van der Waals surface area contributed by atoms with E-state index in [0.717, 1.165) is 36.4 Å². The van der Waals surface area contributed by atoms with E-state index in [1.807, 2.05) is 43.3 Å². The zero-order valence-electron chi connectivity index (χ0n) is 14.4. The maximum atomic E-state index is 12.1. The Bertz CT molecular complexity index is 714. The number of pyridine rings is 1. The number of carbonyl (C=O) groups is 1. The van der Waals surface area contributed by atoms with Crippen LogP contribution in [0.4, 0.5) is 0 Å². The van der Waals surface area contributed by atoms with Crippen LogP contribution in [-0.4, -0.2) is 24.0 Å². The Balaban J connectivity index is 1.55. The van der Waals surface area contributed by atoms with Crippen molar-refractivity contribution in [2.75, 3.05) is 13.1 Å².